The van der Waals surface area contributed by atoms with Crippen molar-refractivity contribution < 1.29 is 4.79 Å². The molecule has 2 N–H and O–H groups in total. The monoisotopic (exact) mass is 248 g/mol. The highest BCUT2D eigenvalue weighted by Gasteiger charge is 2.18. The van der Waals surface area contributed by atoms with Crippen LogP contribution >= 0.6 is 0 Å². The topological polar surface area (TPSA) is 46.3 Å². The summed E-state index contributed by atoms with van der Waals surface area (Å²) in [5.74, 6) is 0.125. The molecule has 0 radical (unpaired) electrons. The van der Waals surface area contributed by atoms with Crippen molar-refractivity contribution in [3.63, 3.8) is 0 Å². The summed E-state index contributed by atoms with van der Waals surface area (Å²) in [7, 11) is 1.86. The maximum atomic E-state index is 12.1. The zero-order valence-corrected chi connectivity index (χ0v) is 11.6. The van der Waals surface area contributed by atoms with Crippen molar-refractivity contribution in [3.8, 4) is 0 Å². The van der Waals surface area contributed by atoms with E-state index in [1.807, 2.05) is 26.1 Å². The standard InChI is InChI=1S/C15H24N2O/c1-4-13(11-16)15(18)17(3)10-9-14-8-6-5-7-12(14)2/h5-8,13H,4,9-11,16H2,1-3H3. The first-order valence-corrected chi connectivity index (χ1v) is 6.59. The maximum Gasteiger partial charge on any atom is 0.226 e. The highest BCUT2D eigenvalue weighted by atomic mass is 16.2. The number of likely N-dealkylation sites (N-methyl/N-ethyl adjacent to an activating group) is 1. The van der Waals surface area contributed by atoms with Crippen LogP contribution in [0.25, 0.3) is 0 Å². The Morgan fingerprint density at radius 2 is 2.06 bits per heavy atom. The van der Waals surface area contributed by atoms with Gasteiger partial charge in [-0.25, -0.2) is 0 Å². The Morgan fingerprint density at radius 1 is 1.39 bits per heavy atom. The molecule has 0 aliphatic rings. The number of carbonyl (C=O) groups is 1. The van der Waals surface area contributed by atoms with Gasteiger partial charge >= 0.3 is 0 Å². The Balaban J connectivity index is 2.53. The van der Waals surface area contributed by atoms with E-state index in [0.29, 0.717) is 6.54 Å². The number of nitrogens with zero attached hydrogens (tertiary/aromatic N) is 1. The van der Waals surface area contributed by atoms with E-state index >= 15 is 0 Å². The third-order valence-electron chi connectivity index (χ3n) is 3.48. The van der Waals surface area contributed by atoms with Gasteiger partial charge < -0.3 is 10.6 Å². The predicted octanol–water partition coefficient (Wildman–Crippen LogP) is 1.98. The van der Waals surface area contributed by atoms with Gasteiger partial charge in [0.05, 0.1) is 5.92 Å². The second kappa shape index (κ2) is 7.17. The van der Waals surface area contributed by atoms with Gasteiger partial charge in [0.2, 0.25) is 5.91 Å². The summed E-state index contributed by atoms with van der Waals surface area (Å²) in [5.41, 5.74) is 8.19. The van der Waals surface area contributed by atoms with Crippen LogP contribution in [-0.2, 0) is 11.2 Å². The zero-order valence-electron chi connectivity index (χ0n) is 11.6. The van der Waals surface area contributed by atoms with Crippen molar-refractivity contribution in [1.29, 1.82) is 0 Å². The van der Waals surface area contributed by atoms with Gasteiger partial charge in [-0.2, -0.15) is 0 Å². The minimum absolute atomic E-state index is 0.0353. The summed E-state index contributed by atoms with van der Waals surface area (Å²) >= 11 is 0. The molecule has 3 nitrogen and oxygen atoms in total. The molecule has 0 spiro atoms. The number of rotatable bonds is 6. The van der Waals surface area contributed by atoms with E-state index < -0.39 is 0 Å². The summed E-state index contributed by atoms with van der Waals surface area (Å²) in [5, 5.41) is 0. The number of hydrogen-bond donors (Lipinski definition) is 1. The average Bonchev–Trinajstić information content (AvgIpc) is 2.38. The second-order valence-corrected chi connectivity index (χ2v) is 4.78. The molecular formula is C15H24N2O. The molecule has 0 aromatic heterocycles. The van der Waals surface area contributed by atoms with Crippen LogP contribution < -0.4 is 5.73 Å². The van der Waals surface area contributed by atoms with Crippen LogP contribution in [0.1, 0.15) is 24.5 Å². The Kier molecular flexibility index (Phi) is 5.86. The Hall–Kier alpha value is -1.35. The molecule has 1 amide bonds. The van der Waals surface area contributed by atoms with Gasteiger partial charge in [0, 0.05) is 20.1 Å². The highest BCUT2D eigenvalue weighted by Crippen LogP contribution is 2.10. The van der Waals surface area contributed by atoms with Crippen molar-refractivity contribution in [3.05, 3.63) is 35.4 Å². The minimum atomic E-state index is -0.0353. The first-order chi connectivity index (χ1) is 8.60. The third kappa shape index (κ3) is 3.84. The van der Waals surface area contributed by atoms with Crippen molar-refractivity contribution in [2.45, 2.75) is 26.7 Å². The molecule has 0 aliphatic heterocycles. The molecule has 1 rings (SSSR count). The molecule has 18 heavy (non-hydrogen) atoms. The van der Waals surface area contributed by atoms with E-state index in [1.54, 1.807) is 4.90 Å². The number of amides is 1. The maximum absolute atomic E-state index is 12.1. The van der Waals surface area contributed by atoms with Crippen molar-refractivity contribution in [2.75, 3.05) is 20.1 Å². The number of carbonyl (C=O) groups excluding carboxylic acids is 1. The molecule has 0 saturated heterocycles. The molecule has 3 heteroatoms. The van der Waals surface area contributed by atoms with Crippen LogP contribution in [0.2, 0.25) is 0 Å². The van der Waals surface area contributed by atoms with E-state index in [0.717, 1.165) is 19.4 Å². The number of aryl methyl sites for hydroxylation is 1. The van der Waals surface area contributed by atoms with Gasteiger partial charge in [-0.15, -0.1) is 0 Å². The van der Waals surface area contributed by atoms with Crippen LogP contribution in [0.3, 0.4) is 0 Å². The van der Waals surface area contributed by atoms with E-state index in [2.05, 4.69) is 19.1 Å². The molecule has 1 unspecified atom stereocenters. The molecule has 1 aromatic carbocycles. The SMILES string of the molecule is CCC(CN)C(=O)N(C)CCc1ccccc1C. The highest BCUT2D eigenvalue weighted by molar-refractivity contribution is 5.78. The first-order valence-electron chi connectivity index (χ1n) is 6.59. The van der Waals surface area contributed by atoms with E-state index in [-0.39, 0.29) is 11.8 Å². The fraction of sp³-hybridized carbons (Fsp3) is 0.533. The van der Waals surface area contributed by atoms with Gasteiger partial charge in [0.25, 0.3) is 0 Å². The molecular weight excluding hydrogens is 224 g/mol. The van der Waals surface area contributed by atoms with Crippen molar-refractivity contribution >= 4 is 5.91 Å². The molecule has 0 bridgehead atoms. The first kappa shape index (κ1) is 14.7. The van der Waals surface area contributed by atoms with E-state index in [1.165, 1.54) is 11.1 Å². The Morgan fingerprint density at radius 3 is 2.61 bits per heavy atom. The summed E-state index contributed by atoms with van der Waals surface area (Å²) < 4.78 is 0. The average molecular weight is 248 g/mol. The predicted molar refractivity (Wildman–Crippen MR) is 75.4 cm³/mol. The van der Waals surface area contributed by atoms with Crippen LogP contribution in [-0.4, -0.2) is 30.9 Å². The molecule has 1 aromatic rings. The molecule has 1 atom stereocenters. The fourth-order valence-corrected chi connectivity index (χ4v) is 2.04. The summed E-state index contributed by atoms with van der Waals surface area (Å²) in [4.78, 5) is 13.9. The zero-order chi connectivity index (χ0) is 13.5. The van der Waals surface area contributed by atoms with Crippen LogP contribution in [0.5, 0.6) is 0 Å². The molecule has 0 fully saturated rings. The van der Waals surface area contributed by atoms with Gasteiger partial charge in [-0.05, 0) is 30.9 Å². The van der Waals surface area contributed by atoms with E-state index in [9.17, 15) is 4.79 Å². The van der Waals surface area contributed by atoms with Gasteiger partial charge in [0.1, 0.15) is 0 Å². The lowest BCUT2D eigenvalue weighted by Crippen LogP contribution is -2.37. The van der Waals surface area contributed by atoms with E-state index in [4.69, 9.17) is 5.73 Å². The summed E-state index contributed by atoms with van der Waals surface area (Å²) in [6.07, 6.45) is 1.71. The summed E-state index contributed by atoms with van der Waals surface area (Å²) in [6.45, 7) is 5.29. The molecule has 100 valence electrons. The second-order valence-electron chi connectivity index (χ2n) is 4.78. The summed E-state index contributed by atoms with van der Waals surface area (Å²) in [6, 6.07) is 8.30. The molecule has 0 aliphatic carbocycles. The largest absolute Gasteiger partial charge is 0.345 e. The smallest absolute Gasteiger partial charge is 0.226 e. The minimum Gasteiger partial charge on any atom is -0.345 e. The van der Waals surface area contributed by atoms with Crippen molar-refractivity contribution in [2.24, 2.45) is 11.7 Å². The van der Waals surface area contributed by atoms with Gasteiger partial charge in [0.15, 0.2) is 0 Å². The third-order valence-corrected chi connectivity index (χ3v) is 3.48. The molecule has 0 heterocycles. The lowest BCUT2D eigenvalue weighted by molar-refractivity contribution is -0.133. The normalized spacial score (nSPS) is 12.2. The molecule has 0 saturated carbocycles. The van der Waals surface area contributed by atoms with Crippen LogP contribution in [0, 0.1) is 12.8 Å². The van der Waals surface area contributed by atoms with Crippen molar-refractivity contribution in [1.82, 2.24) is 4.90 Å². The van der Waals surface area contributed by atoms with Crippen LogP contribution in [0.15, 0.2) is 24.3 Å². The fourth-order valence-electron chi connectivity index (χ4n) is 2.04. The lowest BCUT2D eigenvalue weighted by atomic mass is 10.0. The number of benzene rings is 1. The lowest BCUT2D eigenvalue weighted by Gasteiger charge is -2.22. The van der Waals surface area contributed by atoms with Gasteiger partial charge in [-0.1, -0.05) is 31.2 Å². The number of hydrogen-bond acceptors (Lipinski definition) is 2. The Bertz CT molecular complexity index is 386. The quantitative estimate of drug-likeness (QED) is 0.836. The Labute approximate surface area is 110 Å². The van der Waals surface area contributed by atoms with Gasteiger partial charge in [-0.3, -0.25) is 4.79 Å². The number of nitrogens with two attached hydrogens (primary N) is 1. The van der Waals surface area contributed by atoms with Crippen LogP contribution in [0.4, 0.5) is 0 Å².